The van der Waals surface area contributed by atoms with Gasteiger partial charge in [-0.15, -0.1) is 0 Å². The lowest BCUT2D eigenvalue weighted by Crippen LogP contribution is -3.41. The molecule has 23 heavy (non-hydrogen) atoms. The number of aromatic nitrogens is 1. The van der Waals surface area contributed by atoms with Gasteiger partial charge in [0.25, 0.3) is 0 Å². The Balaban J connectivity index is 1.80. The van der Waals surface area contributed by atoms with Crippen LogP contribution < -0.4 is 9.80 Å². The van der Waals surface area contributed by atoms with Crippen molar-refractivity contribution in [3.8, 4) is 0 Å². The maximum Gasteiger partial charge on any atom is 0.241 e. The fourth-order valence-electron chi connectivity index (χ4n) is 5.74. The van der Waals surface area contributed by atoms with E-state index in [1.165, 1.54) is 5.56 Å². The van der Waals surface area contributed by atoms with Crippen molar-refractivity contribution in [2.45, 2.75) is 33.9 Å². The van der Waals surface area contributed by atoms with Crippen LogP contribution in [0.4, 0.5) is 0 Å². The molecule has 0 aromatic carbocycles. The lowest BCUT2D eigenvalue weighted by atomic mass is 9.53. The van der Waals surface area contributed by atoms with Gasteiger partial charge in [-0.1, -0.05) is 27.7 Å². The predicted molar refractivity (Wildman–Crippen MR) is 87.9 cm³/mol. The lowest BCUT2D eigenvalue weighted by molar-refractivity contribution is -1.18. The molecular formula is C19H29N3O+2. The molecule has 5 heterocycles. The highest BCUT2D eigenvalue weighted by Gasteiger charge is 2.72. The van der Waals surface area contributed by atoms with E-state index in [4.69, 9.17) is 0 Å². The van der Waals surface area contributed by atoms with E-state index in [-0.39, 0.29) is 10.8 Å². The number of carbonyl (C=O) groups excluding carboxylic acids is 1. The van der Waals surface area contributed by atoms with Crippen molar-refractivity contribution in [1.82, 2.24) is 4.98 Å². The monoisotopic (exact) mass is 315 g/mol. The third-order valence-corrected chi connectivity index (χ3v) is 7.12. The molecule has 1 aromatic heterocycles. The molecule has 0 saturated carbocycles. The third-order valence-electron chi connectivity index (χ3n) is 7.12. The van der Waals surface area contributed by atoms with Crippen LogP contribution in [0.15, 0.2) is 24.5 Å². The Morgan fingerprint density at radius 3 is 1.96 bits per heavy atom. The summed E-state index contributed by atoms with van der Waals surface area (Å²) in [6.45, 7) is 13.0. The largest absolute Gasteiger partial charge is 0.297 e. The molecule has 4 aliphatic heterocycles. The van der Waals surface area contributed by atoms with Gasteiger partial charge in [0, 0.05) is 12.4 Å². The fourth-order valence-corrected chi connectivity index (χ4v) is 5.74. The zero-order chi connectivity index (χ0) is 16.4. The number of hydrogen-bond donors (Lipinski definition) is 2. The van der Waals surface area contributed by atoms with Crippen LogP contribution >= 0.6 is 0 Å². The summed E-state index contributed by atoms with van der Waals surface area (Å²) in [5.41, 5.74) is 1.09. The Morgan fingerprint density at radius 2 is 1.57 bits per heavy atom. The second kappa shape index (κ2) is 4.87. The Bertz CT molecular complexity index is 579. The van der Waals surface area contributed by atoms with Crippen LogP contribution in [0.3, 0.4) is 0 Å². The van der Waals surface area contributed by atoms with E-state index in [1.54, 1.807) is 9.80 Å². The van der Waals surface area contributed by atoms with Gasteiger partial charge in [-0.2, -0.15) is 0 Å². The van der Waals surface area contributed by atoms with Crippen molar-refractivity contribution in [1.29, 1.82) is 0 Å². The van der Waals surface area contributed by atoms with E-state index < -0.39 is 0 Å². The fraction of sp³-hybridized carbons (Fsp3) is 0.684. The van der Waals surface area contributed by atoms with Crippen molar-refractivity contribution in [3.63, 3.8) is 0 Å². The van der Waals surface area contributed by atoms with E-state index in [0.717, 1.165) is 26.2 Å². The first-order chi connectivity index (χ1) is 10.9. The van der Waals surface area contributed by atoms with Crippen LogP contribution in [0.1, 0.15) is 39.4 Å². The highest BCUT2D eigenvalue weighted by molar-refractivity contribution is 5.92. The summed E-state index contributed by atoms with van der Waals surface area (Å²) in [6, 6.07) is 4.26. The van der Waals surface area contributed by atoms with Gasteiger partial charge in [0.2, 0.25) is 6.17 Å². The molecule has 1 aromatic rings. The topological polar surface area (TPSA) is 38.8 Å². The molecule has 4 nitrogen and oxygen atoms in total. The third kappa shape index (κ3) is 1.85. The number of pyridine rings is 1. The maximum absolute atomic E-state index is 13.5. The Labute approximate surface area is 138 Å². The Kier molecular flexibility index (Phi) is 3.23. The summed E-state index contributed by atoms with van der Waals surface area (Å²) in [5.74, 6) is 1.43. The SMILES string of the molecule is CC(C)C12C[NH+]3CC(C(C)C)(C[NH+](C1)C3c1cccnc1)C2=O. The molecule has 0 unspecified atom stereocenters. The average molecular weight is 315 g/mol. The molecule has 0 spiro atoms. The molecule has 4 heteroatoms. The summed E-state index contributed by atoms with van der Waals surface area (Å²) in [5, 5.41) is 0. The number of hydrogen-bond acceptors (Lipinski definition) is 2. The zero-order valence-electron chi connectivity index (χ0n) is 14.7. The summed E-state index contributed by atoms with van der Waals surface area (Å²) in [6.07, 6.45) is 4.33. The second-order valence-corrected chi connectivity index (χ2v) is 8.69. The summed E-state index contributed by atoms with van der Waals surface area (Å²) in [4.78, 5) is 21.1. The quantitative estimate of drug-likeness (QED) is 0.807. The van der Waals surface area contributed by atoms with Gasteiger partial charge in [0.05, 0.1) is 5.56 Å². The maximum atomic E-state index is 13.5. The molecule has 0 amide bonds. The predicted octanol–water partition coefficient (Wildman–Crippen LogP) is -0.255. The van der Waals surface area contributed by atoms with E-state index in [0.29, 0.717) is 23.8 Å². The number of Topliss-reactive ketones (excluding diaryl/α,β-unsaturated/α-hetero) is 1. The van der Waals surface area contributed by atoms with Crippen LogP contribution in [0.2, 0.25) is 0 Å². The van der Waals surface area contributed by atoms with Gasteiger partial charge < -0.3 is 0 Å². The van der Waals surface area contributed by atoms with Crippen molar-refractivity contribution in [2.75, 3.05) is 26.2 Å². The summed E-state index contributed by atoms with van der Waals surface area (Å²) >= 11 is 0. The van der Waals surface area contributed by atoms with Gasteiger partial charge in [-0.3, -0.25) is 19.6 Å². The van der Waals surface area contributed by atoms with Crippen molar-refractivity contribution >= 4 is 5.78 Å². The van der Waals surface area contributed by atoms with Crippen LogP contribution in [0, 0.1) is 22.7 Å². The number of nitrogens with zero attached hydrogens (tertiary/aromatic N) is 1. The number of ketones is 1. The molecule has 4 aliphatic rings. The lowest BCUT2D eigenvalue weighted by Gasteiger charge is -2.62. The molecule has 2 N–H and O–H groups in total. The van der Waals surface area contributed by atoms with Crippen molar-refractivity contribution in [3.05, 3.63) is 30.1 Å². The van der Waals surface area contributed by atoms with Gasteiger partial charge in [0.15, 0.2) is 5.78 Å². The smallest absolute Gasteiger partial charge is 0.241 e. The second-order valence-electron chi connectivity index (χ2n) is 8.69. The summed E-state index contributed by atoms with van der Waals surface area (Å²) < 4.78 is 0. The van der Waals surface area contributed by atoms with Crippen molar-refractivity contribution < 1.29 is 14.6 Å². The normalized spacial score (nSPS) is 42.0. The van der Waals surface area contributed by atoms with Crippen LogP contribution in [0.5, 0.6) is 0 Å². The number of piperidine rings is 2. The first-order valence-electron chi connectivity index (χ1n) is 9.05. The highest BCUT2D eigenvalue weighted by Crippen LogP contribution is 2.44. The van der Waals surface area contributed by atoms with Crippen LogP contribution in [-0.2, 0) is 4.79 Å². The molecule has 0 aliphatic carbocycles. The van der Waals surface area contributed by atoms with E-state index in [9.17, 15) is 4.79 Å². The molecule has 4 saturated heterocycles. The van der Waals surface area contributed by atoms with Crippen molar-refractivity contribution in [2.24, 2.45) is 22.7 Å². The number of rotatable bonds is 3. The van der Waals surface area contributed by atoms with Gasteiger partial charge in [0.1, 0.15) is 37.0 Å². The molecule has 0 atom stereocenters. The Morgan fingerprint density at radius 1 is 1.04 bits per heavy atom. The van der Waals surface area contributed by atoms with Gasteiger partial charge in [-0.05, 0) is 24.0 Å². The molecule has 5 rings (SSSR count). The average Bonchev–Trinajstić information content (AvgIpc) is 2.51. The first kappa shape index (κ1) is 15.3. The highest BCUT2D eigenvalue weighted by atomic mass is 16.1. The van der Waals surface area contributed by atoms with Gasteiger partial charge >= 0.3 is 0 Å². The van der Waals surface area contributed by atoms with E-state index in [2.05, 4.69) is 38.7 Å². The zero-order valence-corrected chi connectivity index (χ0v) is 14.7. The first-order valence-corrected chi connectivity index (χ1v) is 9.05. The minimum atomic E-state index is -0.121. The molecule has 4 fully saturated rings. The standard InChI is InChI=1S/C19H27N3O/c1-13(2)18-9-21-11-19(14(3)4,17(18)23)12-22(10-18)16(21)15-6-5-7-20-8-15/h5-8,13-14,16H,9-12H2,1-4H3/p+2. The molecule has 4 bridgehead atoms. The number of carbonyl (C=O) groups is 1. The summed E-state index contributed by atoms with van der Waals surface area (Å²) in [7, 11) is 0. The van der Waals surface area contributed by atoms with Gasteiger partial charge in [-0.25, -0.2) is 0 Å². The minimum Gasteiger partial charge on any atom is -0.297 e. The number of nitrogens with one attached hydrogen (secondary N) is 2. The molecule has 124 valence electrons. The van der Waals surface area contributed by atoms with E-state index in [1.807, 2.05) is 18.5 Å². The van der Waals surface area contributed by atoms with E-state index >= 15 is 0 Å². The molecule has 0 radical (unpaired) electrons. The Hall–Kier alpha value is -1.26. The minimum absolute atomic E-state index is 0.121. The number of quaternary nitrogens is 2. The molecular weight excluding hydrogens is 286 g/mol. The van der Waals surface area contributed by atoms with Crippen LogP contribution in [0.25, 0.3) is 0 Å². The van der Waals surface area contributed by atoms with Crippen LogP contribution in [-0.4, -0.2) is 36.9 Å².